The first-order chi connectivity index (χ1) is 13.9. The molecule has 0 saturated heterocycles. The number of aryl methyl sites for hydroxylation is 1. The van der Waals surface area contributed by atoms with Crippen molar-refractivity contribution >= 4 is 20.8 Å². The maximum absolute atomic E-state index is 12.9. The Kier molecular flexibility index (Phi) is 4.94. The molecular weight excluding hydrogens is 388 g/mol. The highest BCUT2D eigenvalue weighted by atomic mass is 32.2. The molecular formula is C23H18O5S. The zero-order chi connectivity index (χ0) is 20.4. The molecule has 3 aromatic carbocycles. The molecule has 0 N–H and O–H groups in total. The molecule has 0 aliphatic carbocycles. The van der Waals surface area contributed by atoms with Crippen molar-refractivity contribution in [2.24, 2.45) is 0 Å². The molecule has 4 rings (SSSR count). The Bertz CT molecular complexity index is 1320. The van der Waals surface area contributed by atoms with Gasteiger partial charge in [0.1, 0.15) is 17.9 Å². The van der Waals surface area contributed by atoms with E-state index in [1.165, 1.54) is 18.2 Å². The van der Waals surface area contributed by atoms with Crippen LogP contribution in [0.15, 0.2) is 97.9 Å². The second-order valence-electron chi connectivity index (χ2n) is 6.69. The van der Waals surface area contributed by atoms with E-state index in [1.54, 1.807) is 30.3 Å². The van der Waals surface area contributed by atoms with Crippen LogP contribution in [-0.2, 0) is 16.4 Å². The van der Waals surface area contributed by atoms with E-state index in [1.807, 2.05) is 37.3 Å². The predicted molar refractivity (Wildman–Crippen MR) is 110 cm³/mol. The third-order valence-electron chi connectivity index (χ3n) is 4.54. The van der Waals surface area contributed by atoms with Gasteiger partial charge in [0.15, 0.2) is 4.90 Å². The zero-order valence-corrected chi connectivity index (χ0v) is 16.5. The second-order valence-corrected chi connectivity index (χ2v) is 8.61. The van der Waals surface area contributed by atoms with Gasteiger partial charge >= 0.3 is 5.63 Å². The van der Waals surface area contributed by atoms with Crippen molar-refractivity contribution in [1.82, 2.24) is 0 Å². The van der Waals surface area contributed by atoms with Crippen LogP contribution in [0.4, 0.5) is 0 Å². The highest BCUT2D eigenvalue weighted by Gasteiger charge is 2.23. The van der Waals surface area contributed by atoms with Gasteiger partial charge in [-0.05, 0) is 42.8 Å². The van der Waals surface area contributed by atoms with Crippen LogP contribution in [0.3, 0.4) is 0 Å². The monoisotopic (exact) mass is 406 g/mol. The van der Waals surface area contributed by atoms with Crippen molar-refractivity contribution in [3.8, 4) is 5.75 Å². The van der Waals surface area contributed by atoms with E-state index in [9.17, 15) is 13.2 Å². The molecule has 29 heavy (non-hydrogen) atoms. The fraction of sp³-hybridized carbons (Fsp3) is 0.0870. The van der Waals surface area contributed by atoms with E-state index in [-0.39, 0.29) is 15.4 Å². The molecule has 0 fully saturated rings. The number of fused-ring (bicyclic) bond motifs is 1. The maximum atomic E-state index is 12.9. The highest BCUT2D eigenvalue weighted by Crippen LogP contribution is 2.25. The van der Waals surface area contributed by atoms with Gasteiger partial charge in [0.2, 0.25) is 9.84 Å². The lowest BCUT2D eigenvalue weighted by Crippen LogP contribution is -2.14. The summed E-state index contributed by atoms with van der Waals surface area (Å²) >= 11 is 0. The van der Waals surface area contributed by atoms with Gasteiger partial charge in [0.25, 0.3) is 0 Å². The van der Waals surface area contributed by atoms with Crippen LogP contribution in [0.25, 0.3) is 11.0 Å². The molecule has 146 valence electrons. The Balaban J connectivity index is 1.67. The molecule has 0 atom stereocenters. The Labute approximate surface area is 168 Å². The third-order valence-corrected chi connectivity index (χ3v) is 6.30. The fourth-order valence-electron chi connectivity index (χ4n) is 2.94. The molecule has 0 bridgehead atoms. The number of sulfone groups is 1. The quantitative estimate of drug-likeness (QED) is 0.456. The lowest BCUT2D eigenvalue weighted by molar-refractivity contribution is 0.306. The average Bonchev–Trinajstić information content (AvgIpc) is 2.72. The Morgan fingerprint density at radius 2 is 1.62 bits per heavy atom. The molecule has 0 saturated carbocycles. The second kappa shape index (κ2) is 7.56. The molecule has 1 aromatic heterocycles. The smallest absolute Gasteiger partial charge is 0.355 e. The molecule has 0 radical (unpaired) electrons. The number of hydrogen-bond acceptors (Lipinski definition) is 5. The summed E-state index contributed by atoms with van der Waals surface area (Å²) < 4.78 is 36.7. The first-order valence-corrected chi connectivity index (χ1v) is 10.5. The van der Waals surface area contributed by atoms with Gasteiger partial charge in [-0.15, -0.1) is 0 Å². The summed E-state index contributed by atoms with van der Waals surface area (Å²) in [7, 11) is -3.97. The van der Waals surface area contributed by atoms with Crippen LogP contribution in [0.2, 0.25) is 0 Å². The van der Waals surface area contributed by atoms with E-state index < -0.39 is 15.5 Å². The number of ether oxygens (including phenoxy) is 1. The van der Waals surface area contributed by atoms with Gasteiger partial charge in [-0.2, -0.15) is 0 Å². The molecule has 0 aliphatic rings. The van der Waals surface area contributed by atoms with Crippen LogP contribution in [0, 0.1) is 6.92 Å². The average molecular weight is 406 g/mol. The summed E-state index contributed by atoms with van der Waals surface area (Å²) in [4.78, 5) is 12.1. The minimum atomic E-state index is -3.97. The standard InChI is InChI=1S/C23H18O5S/c1-16-7-11-20(12-8-16)29(25,26)22-13-18-9-10-19(14-21(18)28-23(22)24)27-15-17-5-3-2-4-6-17/h2-14H,15H2,1H3. The van der Waals surface area contributed by atoms with Crippen molar-refractivity contribution in [1.29, 1.82) is 0 Å². The summed E-state index contributed by atoms with van der Waals surface area (Å²) in [6.07, 6.45) is 0. The predicted octanol–water partition coefficient (Wildman–Crippen LogP) is 4.51. The van der Waals surface area contributed by atoms with Crippen LogP contribution in [-0.4, -0.2) is 8.42 Å². The first-order valence-electron chi connectivity index (χ1n) is 9.00. The first kappa shape index (κ1) is 19.0. The summed E-state index contributed by atoms with van der Waals surface area (Å²) in [5, 5.41) is 0.502. The van der Waals surface area contributed by atoms with Gasteiger partial charge in [0, 0.05) is 11.5 Å². The number of hydrogen-bond donors (Lipinski definition) is 0. The van der Waals surface area contributed by atoms with Gasteiger partial charge in [-0.3, -0.25) is 0 Å². The molecule has 0 unspecified atom stereocenters. The van der Waals surface area contributed by atoms with Crippen molar-refractivity contribution in [3.63, 3.8) is 0 Å². The van der Waals surface area contributed by atoms with Crippen LogP contribution >= 0.6 is 0 Å². The Morgan fingerprint density at radius 3 is 2.34 bits per heavy atom. The van der Waals surface area contributed by atoms with Gasteiger partial charge in [0.05, 0.1) is 4.90 Å². The van der Waals surface area contributed by atoms with E-state index in [4.69, 9.17) is 9.15 Å². The van der Waals surface area contributed by atoms with Gasteiger partial charge < -0.3 is 9.15 Å². The van der Waals surface area contributed by atoms with E-state index >= 15 is 0 Å². The van der Waals surface area contributed by atoms with E-state index in [0.717, 1.165) is 11.1 Å². The molecule has 0 spiro atoms. The molecule has 6 heteroatoms. The van der Waals surface area contributed by atoms with Gasteiger partial charge in [-0.25, -0.2) is 13.2 Å². The van der Waals surface area contributed by atoms with E-state index in [0.29, 0.717) is 17.7 Å². The topological polar surface area (TPSA) is 73.6 Å². The third kappa shape index (κ3) is 3.93. The lowest BCUT2D eigenvalue weighted by Gasteiger charge is -2.08. The van der Waals surface area contributed by atoms with Crippen LogP contribution < -0.4 is 10.4 Å². The maximum Gasteiger partial charge on any atom is 0.355 e. The summed E-state index contributed by atoms with van der Waals surface area (Å²) in [6, 6.07) is 22.3. The number of benzene rings is 3. The summed E-state index contributed by atoms with van der Waals surface area (Å²) in [5.74, 6) is 0.527. The van der Waals surface area contributed by atoms with Crippen molar-refractivity contribution in [2.45, 2.75) is 23.3 Å². The van der Waals surface area contributed by atoms with Crippen molar-refractivity contribution < 1.29 is 17.6 Å². The molecule has 1 heterocycles. The minimum absolute atomic E-state index is 0.0533. The van der Waals surface area contributed by atoms with Crippen molar-refractivity contribution in [2.75, 3.05) is 0 Å². The lowest BCUT2D eigenvalue weighted by atomic mass is 10.2. The van der Waals surface area contributed by atoms with Gasteiger partial charge in [-0.1, -0.05) is 48.0 Å². The Morgan fingerprint density at radius 1 is 0.897 bits per heavy atom. The van der Waals surface area contributed by atoms with Crippen LogP contribution in [0.5, 0.6) is 5.75 Å². The minimum Gasteiger partial charge on any atom is -0.489 e. The molecule has 4 aromatic rings. The Hall–Kier alpha value is -3.38. The highest BCUT2D eigenvalue weighted by molar-refractivity contribution is 7.91. The molecule has 0 aliphatic heterocycles. The summed E-state index contributed by atoms with van der Waals surface area (Å²) in [6.45, 7) is 2.23. The summed E-state index contributed by atoms with van der Waals surface area (Å²) in [5.41, 5.74) is 1.30. The van der Waals surface area contributed by atoms with E-state index in [2.05, 4.69) is 0 Å². The zero-order valence-electron chi connectivity index (χ0n) is 15.7. The largest absolute Gasteiger partial charge is 0.489 e. The van der Waals surface area contributed by atoms with Crippen molar-refractivity contribution in [3.05, 3.63) is 100 Å². The molecule has 5 nitrogen and oxygen atoms in total. The number of rotatable bonds is 5. The fourth-order valence-corrected chi connectivity index (χ4v) is 4.23. The van der Waals surface area contributed by atoms with Crippen LogP contribution in [0.1, 0.15) is 11.1 Å². The molecule has 0 amide bonds. The normalized spacial score (nSPS) is 11.5. The SMILES string of the molecule is Cc1ccc(S(=O)(=O)c2cc3ccc(OCc4ccccc4)cc3oc2=O)cc1.